The van der Waals surface area contributed by atoms with Crippen LogP contribution in [0.3, 0.4) is 0 Å². The Kier molecular flexibility index (Phi) is 3.96. The summed E-state index contributed by atoms with van der Waals surface area (Å²) in [6.07, 6.45) is 0.819. The van der Waals surface area contributed by atoms with Crippen molar-refractivity contribution in [1.29, 1.82) is 0 Å². The van der Waals surface area contributed by atoms with E-state index in [1.54, 1.807) is 12.1 Å². The van der Waals surface area contributed by atoms with Crippen molar-refractivity contribution in [1.82, 2.24) is 0 Å². The molecule has 0 aliphatic rings. The van der Waals surface area contributed by atoms with E-state index in [2.05, 4.69) is 15.7 Å². The summed E-state index contributed by atoms with van der Waals surface area (Å²) in [6.45, 7) is 1.94. The number of nitrogens with zero attached hydrogens (tertiary/aromatic N) is 3. The van der Waals surface area contributed by atoms with E-state index >= 15 is 0 Å². The molecule has 16 heavy (non-hydrogen) atoms. The van der Waals surface area contributed by atoms with Crippen molar-refractivity contribution in [3.05, 3.63) is 39.9 Å². The summed E-state index contributed by atoms with van der Waals surface area (Å²) in [6, 6.07) is 7.28. The van der Waals surface area contributed by atoms with Crippen LogP contribution >= 0.6 is 0 Å². The average molecular weight is 222 g/mol. The van der Waals surface area contributed by atoms with E-state index < -0.39 is 10.8 Å². The van der Waals surface area contributed by atoms with Crippen LogP contribution < -0.4 is 5.43 Å². The first kappa shape index (κ1) is 11.6. The molecular formula is C9H10N4O3. The Morgan fingerprint density at radius 2 is 2.12 bits per heavy atom. The number of nitrogens with one attached hydrogen (secondary N) is 1. The van der Waals surface area contributed by atoms with Crippen LogP contribution in [-0.4, -0.2) is 22.2 Å². The number of anilines is 1. The molecule has 1 rings (SSSR count). The highest BCUT2D eigenvalue weighted by Crippen LogP contribution is 2.07. The highest BCUT2D eigenvalue weighted by atomic mass is 16.6. The van der Waals surface area contributed by atoms with Gasteiger partial charge in [0, 0.05) is 0 Å². The summed E-state index contributed by atoms with van der Waals surface area (Å²) in [7, 11) is 0. The predicted octanol–water partition coefficient (Wildman–Crippen LogP) is 1.46. The first-order chi connectivity index (χ1) is 7.63. The Bertz CT molecular complexity index is 425. The Hall–Kier alpha value is -2.44. The number of nitro groups is 1. The molecule has 0 saturated heterocycles. The van der Waals surface area contributed by atoms with Crippen LogP contribution in [-0.2, 0) is 0 Å². The molecule has 0 bridgehead atoms. The van der Waals surface area contributed by atoms with Gasteiger partial charge in [-0.05, 0) is 24.0 Å². The Morgan fingerprint density at radius 3 is 2.62 bits per heavy atom. The number of aryl methyl sites for hydroxylation is 1. The minimum Gasteiger partial charge on any atom is -0.358 e. The fraction of sp³-hybridized carbons (Fsp3) is 0.111. The summed E-state index contributed by atoms with van der Waals surface area (Å²) >= 11 is 0. The second-order valence-corrected chi connectivity index (χ2v) is 2.95. The number of hydrogen-bond donors (Lipinski definition) is 2. The van der Waals surface area contributed by atoms with Gasteiger partial charge in [-0.15, -0.1) is 0 Å². The Labute approximate surface area is 91.2 Å². The van der Waals surface area contributed by atoms with Crippen molar-refractivity contribution < 1.29 is 10.1 Å². The molecule has 0 aliphatic heterocycles. The molecule has 1 aromatic carbocycles. The van der Waals surface area contributed by atoms with E-state index in [0.717, 1.165) is 11.8 Å². The molecule has 7 heteroatoms. The quantitative estimate of drug-likeness (QED) is 0.266. The maximum Gasteiger partial charge on any atom is 0.429 e. The zero-order valence-electron chi connectivity index (χ0n) is 8.49. The second kappa shape index (κ2) is 5.44. The monoisotopic (exact) mass is 222 g/mol. The molecule has 0 saturated carbocycles. The molecule has 1 aromatic rings. The maximum atomic E-state index is 10.2. The summed E-state index contributed by atoms with van der Waals surface area (Å²) in [5.41, 5.74) is 4.34. The highest BCUT2D eigenvalue weighted by Gasteiger charge is 2.07. The molecular weight excluding hydrogens is 212 g/mol. The third-order valence-electron chi connectivity index (χ3n) is 1.71. The highest BCUT2D eigenvalue weighted by molar-refractivity contribution is 6.25. The first-order valence-electron chi connectivity index (χ1n) is 4.35. The normalized spacial score (nSPS) is 11.7. The van der Waals surface area contributed by atoms with Gasteiger partial charge in [-0.2, -0.15) is 5.10 Å². The van der Waals surface area contributed by atoms with Gasteiger partial charge in [-0.25, -0.2) is 0 Å². The zero-order chi connectivity index (χ0) is 12.0. The van der Waals surface area contributed by atoms with Crippen LogP contribution in [0.1, 0.15) is 5.56 Å². The summed E-state index contributed by atoms with van der Waals surface area (Å²) in [5.74, 6) is -0.736. The van der Waals surface area contributed by atoms with Crippen LogP contribution in [0.15, 0.2) is 34.5 Å². The Morgan fingerprint density at radius 1 is 1.50 bits per heavy atom. The number of hydrogen-bond acceptors (Lipinski definition) is 6. The number of rotatable bonds is 3. The molecule has 0 aromatic heterocycles. The van der Waals surface area contributed by atoms with Crippen molar-refractivity contribution >= 4 is 17.7 Å². The molecule has 0 amide bonds. The standard InChI is InChI=1S/C9H10N4O3/c1-7-2-4-8(5-3-7)11-10-6-9(12-14)13(15)16/h2-6,11,14H,1H3. The lowest BCUT2D eigenvalue weighted by Crippen LogP contribution is -2.13. The van der Waals surface area contributed by atoms with Gasteiger partial charge in [0.1, 0.15) is 6.21 Å². The fourth-order valence-corrected chi connectivity index (χ4v) is 0.902. The minimum absolute atomic E-state index is 0.683. The van der Waals surface area contributed by atoms with E-state index in [-0.39, 0.29) is 0 Å². The number of oxime groups is 1. The average Bonchev–Trinajstić information content (AvgIpc) is 2.26. The molecule has 0 atom stereocenters. The van der Waals surface area contributed by atoms with Gasteiger partial charge >= 0.3 is 5.84 Å². The maximum absolute atomic E-state index is 10.2. The topological polar surface area (TPSA) is 100 Å². The predicted molar refractivity (Wildman–Crippen MR) is 59.5 cm³/mol. The van der Waals surface area contributed by atoms with Crippen LogP contribution in [0.4, 0.5) is 5.69 Å². The third-order valence-corrected chi connectivity index (χ3v) is 1.71. The molecule has 0 spiro atoms. The van der Waals surface area contributed by atoms with Crippen molar-refractivity contribution in [2.45, 2.75) is 6.92 Å². The lowest BCUT2D eigenvalue weighted by molar-refractivity contribution is -0.347. The van der Waals surface area contributed by atoms with Gasteiger partial charge in [0.2, 0.25) is 0 Å². The molecule has 0 fully saturated rings. The van der Waals surface area contributed by atoms with Crippen LogP contribution in [0, 0.1) is 17.0 Å². The van der Waals surface area contributed by atoms with E-state index in [1.165, 1.54) is 0 Å². The van der Waals surface area contributed by atoms with Crippen LogP contribution in [0.5, 0.6) is 0 Å². The Balaban J connectivity index is 2.61. The molecule has 0 aliphatic carbocycles. The van der Waals surface area contributed by atoms with Gasteiger partial charge < -0.3 is 15.3 Å². The summed E-state index contributed by atoms with van der Waals surface area (Å²) in [5, 5.41) is 24.5. The van der Waals surface area contributed by atoms with E-state index in [4.69, 9.17) is 5.21 Å². The van der Waals surface area contributed by atoms with Crippen molar-refractivity contribution in [2.75, 3.05) is 5.43 Å². The molecule has 84 valence electrons. The van der Waals surface area contributed by atoms with Crippen LogP contribution in [0.2, 0.25) is 0 Å². The van der Waals surface area contributed by atoms with Crippen molar-refractivity contribution in [3.63, 3.8) is 0 Å². The molecule has 0 radical (unpaired) electrons. The summed E-state index contributed by atoms with van der Waals surface area (Å²) in [4.78, 5) is 9.37. The zero-order valence-corrected chi connectivity index (χ0v) is 8.49. The smallest absolute Gasteiger partial charge is 0.358 e. The summed E-state index contributed by atoms with van der Waals surface area (Å²) < 4.78 is 0. The largest absolute Gasteiger partial charge is 0.429 e. The van der Waals surface area contributed by atoms with Crippen molar-refractivity contribution in [3.8, 4) is 0 Å². The molecule has 2 N–H and O–H groups in total. The van der Waals surface area contributed by atoms with E-state index in [0.29, 0.717) is 5.69 Å². The van der Waals surface area contributed by atoms with Gasteiger partial charge in [-0.1, -0.05) is 17.7 Å². The minimum atomic E-state index is -0.847. The van der Waals surface area contributed by atoms with Crippen LogP contribution in [0.25, 0.3) is 0 Å². The lowest BCUT2D eigenvalue weighted by Gasteiger charge is -1.99. The van der Waals surface area contributed by atoms with Gasteiger partial charge in [-0.3, -0.25) is 5.43 Å². The van der Waals surface area contributed by atoms with E-state index in [9.17, 15) is 10.1 Å². The van der Waals surface area contributed by atoms with Crippen molar-refractivity contribution in [2.24, 2.45) is 10.3 Å². The number of hydrazone groups is 1. The fourth-order valence-electron chi connectivity index (χ4n) is 0.902. The number of amidine groups is 1. The molecule has 0 unspecified atom stereocenters. The van der Waals surface area contributed by atoms with Gasteiger partial charge in [0.15, 0.2) is 5.16 Å². The SMILES string of the molecule is Cc1ccc(NN=CC(=NO)[N+](=O)[O-])cc1. The number of benzene rings is 1. The van der Waals surface area contributed by atoms with E-state index in [1.807, 2.05) is 19.1 Å². The molecule has 0 heterocycles. The molecule has 7 nitrogen and oxygen atoms in total. The third kappa shape index (κ3) is 3.37. The lowest BCUT2D eigenvalue weighted by atomic mass is 10.2. The van der Waals surface area contributed by atoms with Gasteiger partial charge in [0.25, 0.3) is 0 Å². The van der Waals surface area contributed by atoms with Gasteiger partial charge in [0.05, 0.1) is 5.69 Å². The second-order valence-electron chi connectivity index (χ2n) is 2.95. The first-order valence-corrected chi connectivity index (χ1v) is 4.35.